The summed E-state index contributed by atoms with van der Waals surface area (Å²) in [5.74, 6) is 2.31. The minimum absolute atomic E-state index is 0.0644. The molecule has 0 aliphatic heterocycles. The van der Waals surface area contributed by atoms with Crippen LogP contribution < -0.4 is 25.0 Å². The van der Waals surface area contributed by atoms with E-state index in [4.69, 9.17) is 19.4 Å². The Morgan fingerprint density at radius 2 is 1.71 bits per heavy atom. The molecule has 0 radical (unpaired) electrons. The predicted molar refractivity (Wildman–Crippen MR) is 137 cm³/mol. The topological polar surface area (TPSA) is 115 Å². The number of benzene rings is 2. The molecule has 10 heteroatoms. The lowest BCUT2D eigenvalue weighted by molar-refractivity contribution is -0.385. The number of aromatic nitrogens is 2. The van der Waals surface area contributed by atoms with Gasteiger partial charge in [-0.1, -0.05) is 12.1 Å². The lowest BCUT2D eigenvalue weighted by atomic mass is 9.91. The van der Waals surface area contributed by atoms with Crippen LogP contribution in [0.15, 0.2) is 36.4 Å². The van der Waals surface area contributed by atoms with Gasteiger partial charge in [0.05, 0.1) is 24.7 Å². The zero-order chi connectivity index (χ0) is 24.9. The number of methoxy groups -OCH3 is 2. The standard InChI is InChI=1S/C25H32N6O4/c1-30(2)24-19-7-5-6-8-20(19)28-25(29-24)27-18-11-9-17(10-12-18)26-15-16-13-21(31(32)33)23(35-4)14-22(16)34-3/h5-8,13-14,17-18,26H,9-12,15H2,1-4H3,(H,27,28,29)/t17-,18+. The van der Waals surface area contributed by atoms with Gasteiger partial charge >= 0.3 is 5.69 Å². The van der Waals surface area contributed by atoms with Crippen molar-refractivity contribution in [1.82, 2.24) is 15.3 Å². The molecular formula is C25H32N6O4. The maximum absolute atomic E-state index is 11.4. The number of anilines is 2. The van der Waals surface area contributed by atoms with Gasteiger partial charge in [0.25, 0.3) is 0 Å². The number of para-hydroxylation sites is 1. The summed E-state index contributed by atoms with van der Waals surface area (Å²) < 4.78 is 10.6. The van der Waals surface area contributed by atoms with E-state index in [1.54, 1.807) is 13.2 Å². The predicted octanol–water partition coefficient (Wildman–Crippen LogP) is 4.13. The average molecular weight is 481 g/mol. The lowest BCUT2D eigenvalue weighted by Crippen LogP contribution is -2.37. The number of hydrogen-bond acceptors (Lipinski definition) is 9. The molecule has 0 amide bonds. The normalized spacial score (nSPS) is 17.7. The average Bonchev–Trinajstić information content (AvgIpc) is 2.87. The van der Waals surface area contributed by atoms with Gasteiger partial charge in [-0.2, -0.15) is 4.98 Å². The maximum Gasteiger partial charge on any atom is 0.311 e. The summed E-state index contributed by atoms with van der Waals surface area (Å²) in [6, 6.07) is 11.7. The fourth-order valence-corrected chi connectivity index (χ4v) is 4.57. The molecule has 0 spiro atoms. The van der Waals surface area contributed by atoms with Crippen LogP contribution in [0.2, 0.25) is 0 Å². The van der Waals surface area contributed by atoms with Gasteiger partial charge in [0.1, 0.15) is 11.6 Å². The SMILES string of the molecule is COc1cc(OC)c([N+](=O)[O-])cc1CN[C@H]1CC[C@@H](Nc2nc(N(C)C)c3ccccc3n2)CC1. The Balaban J connectivity index is 1.37. The molecule has 0 unspecified atom stereocenters. The van der Waals surface area contributed by atoms with E-state index < -0.39 is 4.92 Å². The van der Waals surface area contributed by atoms with E-state index in [2.05, 4.69) is 10.6 Å². The van der Waals surface area contributed by atoms with Crippen LogP contribution in [0.4, 0.5) is 17.5 Å². The fourth-order valence-electron chi connectivity index (χ4n) is 4.57. The van der Waals surface area contributed by atoms with Crippen molar-refractivity contribution in [3.05, 3.63) is 52.1 Å². The first-order valence-corrected chi connectivity index (χ1v) is 11.7. The molecule has 3 aromatic rings. The summed E-state index contributed by atoms with van der Waals surface area (Å²) in [5.41, 5.74) is 1.60. The quantitative estimate of drug-likeness (QED) is 0.344. The van der Waals surface area contributed by atoms with Gasteiger partial charge in [0, 0.05) is 55.8 Å². The number of nitrogens with one attached hydrogen (secondary N) is 2. The van der Waals surface area contributed by atoms with Crippen molar-refractivity contribution in [3.63, 3.8) is 0 Å². The Morgan fingerprint density at radius 1 is 1.03 bits per heavy atom. The third kappa shape index (κ3) is 5.54. The van der Waals surface area contributed by atoms with Gasteiger partial charge in [-0.3, -0.25) is 10.1 Å². The van der Waals surface area contributed by atoms with Crippen LogP contribution in [-0.2, 0) is 6.54 Å². The molecule has 2 N–H and O–H groups in total. The second-order valence-electron chi connectivity index (χ2n) is 8.95. The summed E-state index contributed by atoms with van der Waals surface area (Å²) in [4.78, 5) is 22.4. The van der Waals surface area contributed by atoms with Crippen molar-refractivity contribution in [2.24, 2.45) is 0 Å². The van der Waals surface area contributed by atoms with E-state index in [-0.39, 0.29) is 11.4 Å². The highest BCUT2D eigenvalue weighted by Crippen LogP contribution is 2.35. The number of nitrogens with zero attached hydrogens (tertiary/aromatic N) is 4. The number of fused-ring (bicyclic) bond motifs is 1. The molecule has 1 fully saturated rings. The van der Waals surface area contributed by atoms with E-state index in [1.165, 1.54) is 13.2 Å². The third-order valence-corrected chi connectivity index (χ3v) is 6.43. The highest BCUT2D eigenvalue weighted by atomic mass is 16.6. The molecule has 186 valence electrons. The molecule has 1 heterocycles. The Labute approximate surface area is 204 Å². The second kappa shape index (κ2) is 10.7. The van der Waals surface area contributed by atoms with E-state index in [1.807, 2.05) is 43.3 Å². The monoisotopic (exact) mass is 480 g/mol. The van der Waals surface area contributed by atoms with Crippen LogP contribution in [0.25, 0.3) is 10.9 Å². The smallest absolute Gasteiger partial charge is 0.311 e. The minimum Gasteiger partial charge on any atom is -0.496 e. The maximum atomic E-state index is 11.4. The van der Waals surface area contributed by atoms with Crippen molar-refractivity contribution in [2.75, 3.05) is 38.5 Å². The van der Waals surface area contributed by atoms with Crippen LogP contribution in [0.3, 0.4) is 0 Å². The number of ether oxygens (including phenoxy) is 2. The number of nitro groups is 1. The summed E-state index contributed by atoms with van der Waals surface area (Å²) in [5, 5.41) is 19.5. The van der Waals surface area contributed by atoms with E-state index in [0.29, 0.717) is 30.3 Å². The summed E-state index contributed by atoms with van der Waals surface area (Å²) in [7, 11) is 6.94. The van der Waals surface area contributed by atoms with E-state index >= 15 is 0 Å². The minimum atomic E-state index is -0.435. The van der Waals surface area contributed by atoms with Crippen LogP contribution >= 0.6 is 0 Å². The Morgan fingerprint density at radius 3 is 2.37 bits per heavy atom. The molecule has 1 saturated carbocycles. The van der Waals surface area contributed by atoms with Crippen molar-refractivity contribution < 1.29 is 14.4 Å². The molecule has 4 rings (SSSR count). The number of hydrogen-bond donors (Lipinski definition) is 2. The van der Waals surface area contributed by atoms with Crippen molar-refractivity contribution >= 4 is 28.4 Å². The van der Waals surface area contributed by atoms with Gasteiger partial charge in [0.2, 0.25) is 11.7 Å². The van der Waals surface area contributed by atoms with Crippen LogP contribution in [-0.4, -0.2) is 55.3 Å². The molecule has 1 aromatic heterocycles. The number of nitro benzene ring substituents is 1. The molecule has 10 nitrogen and oxygen atoms in total. The first kappa shape index (κ1) is 24.5. The lowest BCUT2D eigenvalue weighted by Gasteiger charge is -2.30. The molecule has 0 saturated heterocycles. The van der Waals surface area contributed by atoms with Gasteiger partial charge < -0.3 is 25.0 Å². The second-order valence-corrected chi connectivity index (χ2v) is 8.95. The van der Waals surface area contributed by atoms with E-state index in [9.17, 15) is 10.1 Å². The zero-order valence-electron chi connectivity index (χ0n) is 20.6. The molecule has 0 atom stereocenters. The van der Waals surface area contributed by atoms with Gasteiger partial charge in [-0.25, -0.2) is 4.98 Å². The number of rotatable bonds is 9. The molecule has 1 aliphatic rings. The first-order valence-electron chi connectivity index (χ1n) is 11.7. The molecular weight excluding hydrogens is 448 g/mol. The van der Waals surface area contributed by atoms with Crippen LogP contribution in [0, 0.1) is 10.1 Å². The summed E-state index contributed by atoms with van der Waals surface area (Å²) >= 11 is 0. The van der Waals surface area contributed by atoms with Gasteiger partial charge in [0.15, 0.2) is 0 Å². The van der Waals surface area contributed by atoms with Crippen LogP contribution in [0.1, 0.15) is 31.2 Å². The molecule has 0 bridgehead atoms. The zero-order valence-corrected chi connectivity index (χ0v) is 20.6. The van der Waals surface area contributed by atoms with Crippen molar-refractivity contribution in [1.29, 1.82) is 0 Å². The molecule has 35 heavy (non-hydrogen) atoms. The summed E-state index contributed by atoms with van der Waals surface area (Å²) in [6.45, 7) is 0.483. The van der Waals surface area contributed by atoms with Crippen LogP contribution in [0.5, 0.6) is 11.5 Å². The third-order valence-electron chi connectivity index (χ3n) is 6.43. The van der Waals surface area contributed by atoms with Gasteiger partial charge in [-0.15, -0.1) is 0 Å². The van der Waals surface area contributed by atoms with E-state index in [0.717, 1.165) is 48.0 Å². The Hall–Kier alpha value is -3.66. The van der Waals surface area contributed by atoms with Crippen molar-refractivity contribution in [2.45, 2.75) is 44.3 Å². The first-order chi connectivity index (χ1) is 16.9. The Kier molecular flexibility index (Phi) is 7.50. The van der Waals surface area contributed by atoms with Crippen molar-refractivity contribution in [3.8, 4) is 11.5 Å². The summed E-state index contributed by atoms with van der Waals surface area (Å²) in [6.07, 6.45) is 3.91. The van der Waals surface area contributed by atoms with Gasteiger partial charge in [-0.05, 0) is 37.8 Å². The molecule has 2 aromatic carbocycles. The molecule has 1 aliphatic carbocycles. The highest BCUT2D eigenvalue weighted by Gasteiger charge is 2.24. The Bertz CT molecular complexity index is 1190. The fraction of sp³-hybridized carbons (Fsp3) is 0.440. The largest absolute Gasteiger partial charge is 0.496 e. The highest BCUT2D eigenvalue weighted by molar-refractivity contribution is 5.90.